The van der Waals surface area contributed by atoms with E-state index in [9.17, 15) is 4.79 Å². The van der Waals surface area contributed by atoms with Crippen LogP contribution < -0.4 is 0 Å². The number of carbonyl (C=O) groups excluding carboxylic acids is 1. The summed E-state index contributed by atoms with van der Waals surface area (Å²) in [4.78, 5) is 11.3. The molecule has 0 aliphatic rings. The molecule has 2 nitrogen and oxygen atoms in total. The van der Waals surface area contributed by atoms with Crippen LogP contribution in [0.3, 0.4) is 0 Å². The fraction of sp³-hybridized carbons (Fsp3) is 0.214. The minimum Gasteiger partial charge on any atom is -0.466 e. The third kappa shape index (κ3) is 2.40. The van der Waals surface area contributed by atoms with Crippen LogP contribution in [0, 0.1) is 0 Å². The molecule has 2 aromatic carbocycles. The highest BCUT2D eigenvalue weighted by atomic mass is 16.5. The van der Waals surface area contributed by atoms with E-state index in [0.717, 1.165) is 10.9 Å². The zero-order valence-corrected chi connectivity index (χ0v) is 9.27. The monoisotopic (exact) mass is 214 g/mol. The van der Waals surface area contributed by atoms with Gasteiger partial charge < -0.3 is 4.74 Å². The van der Waals surface area contributed by atoms with Crippen molar-refractivity contribution in [3.05, 3.63) is 48.0 Å². The molecule has 82 valence electrons. The van der Waals surface area contributed by atoms with Gasteiger partial charge in [0.15, 0.2) is 0 Å². The molecule has 0 amide bonds. The Morgan fingerprint density at radius 2 is 1.88 bits per heavy atom. The van der Waals surface area contributed by atoms with E-state index in [0.29, 0.717) is 13.0 Å². The highest BCUT2D eigenvalue weighted by Crippen LogP contribution is 2.16. The summed E-state index contributed by atoms with van der Waals surface area (Å²) in [7, 11) is 0. The summed E-state index contributed by atoms with van der Waals surface area (Å²) in [5.74, 6) is -0.169. The van der Waals surface area contributed by atoms with Crippen LogP contribution in [0.25, 0.3) is 10.8 Å². The van der Waals surface area contributed by atoms with Crippen LogP contribution in [0.2, 0.25) is 0 Å². The van der Waals surface area contributed by atoms with E-state index < -0.39 is 0 Å². The van der Waals surface area contributed by atoms with Gasteiger partial charge in [-0.25, -0.2) is 0 Å². The third-order valence-corrected chi connectivity index (χ3v) is 2.47. The lowest BCUT2D eigenvalue weighted by Gasteiger charge is -2.03. The minimum absolute atomic E-state index is 0.169. The molecule has 0 N–H and O–H groups in total. The number of hydrogen-bond donors (Lipinski definition) is 0. The Morgan fingerprint density at radius 1 is 1.12 bits per heavy atom. The second kappa shape index (κ2) is 4.79. The zero-order valence-electron chi connectivity index (χ0n) is 9.27. The molecule has 0 saturated heterocycles. The van der Waals surface area contributed by atoms with Crippen LogP contribution >= 0.6 is 0 Å². The molecule has 0 radical (unpaired) electrons. The molecule has 0 aromatic heterocycles. The summed E-state index contributed by atoms with van der Waals surface area (Å²) in [6.07, 6.45) is 0.346. The third-order valence-electron chi connectivity index (χ3n) is 2.47. The smallest absolute Gasteiger partial charge is 0.310 e. The molecule has 16 heavy (non-hydrogen) atoms. The van der Waals surface area contributed by atoms with Crippen molar-refractivity contribution in [1.29, 1.82) is 0 Å². The van der Waals surface area contributed by atoms with E-state index in [1.165, 1.54) is 5.39 Å². The molecule has 0 aliphatic heterocycles. The van der Waals surface area contributed by atoms with Crippen molar-refractivity contribution in [2.45, 2.75) is 13.3 Å². The quantitative estimate of drug-likeness (QED) is 0.734. The van der Waals surface area contributed by atoms with Crippen molar-refractivity contribution in [2.75, 3.05) is 6.61 Å². The fourth-order valence-electron chi connectivity index (χ4n) is 1.73. The molecule has 2 heteroatoms. The van der Waals surface area contributed by atoms with Crippen molar-refractivity contribution >= 4 is 16.7 Å². The first-order valence-electron chi connectivity index (χ1n) is 5.43. The fourth-order valence-corrected chi connectivity index (χ4v) is 1.73. The lowest BCUT2D eigenvalue weighted by molar-refractivity contribution is -0.142. The largest absolute Gasteiger partial charge is 0.466 e. The summed E-state index contributed by atoms with van der Waals surface area (Å²) in [5, 5.41) is 2.35. The predicted molar refractivity (Wildman–Crippen MR) is 64.3 cm³/mol. The lowest BCUT2D eigenvalue weighted by atomic mass is 10.1. The van der Waals surface area contributed by atoms with E-state index in [1.807, 2.05) is 43.3 Å². The summed E-state index contributed by atoms with van der Waals surface area (Å²) >= 11 is 0. The van der Waals surface area contributed by atoms with Gasteiger partial charge >= 0.3 is 5.97 Å². The van der Waals surface area contributed by atoms with E-state index in [2.05, 4.69) is 6.07 Å². The first-order chi connectivity index (χ1) is 7.79. The zero-order chi connectivity index (χ0) is 11.4. The Balaban J connectivity index is 2.22. The normalized spacial score (nSPS) is 10.3. The number of fused-ring (bicyclic) bond motifs is 1. The topological polar surface area (TPSA) is 26.3 Å². The van der Waals surface area contributed by atoms with Gasteiger partial charge in [0.05, 0.1) is 13.0 Å². The Bertz CT molecular complexity index is 503. The van der Waals surface area contributed by atoms with Crippen LogP contribution in [0.15, 0.2) is 42.5 Å². The Morgan fingerprint density at radius 3 is 2.62 bits per heavy atom. The molecule has 0 atom stereocenters. The van der Waals surface area contributed by atoms with Gasteiger partial charge in [-0.3, -0.25) is 4.79 Å². The highest BCUT2D eigenvalue weighted by Gasteiger charge is 2.04. The SMILES string of the molecule is CCOC(=O)Cc1ccc2ccccc2c1. The number of ether oxygens (including phenoxy) is 1. The molecule has 2 rings (SSSR count). The molecule has 2 aromatic rings. The van der Waals surface area contributed by atoms with Crippen molar-refractivity contribution in [1.82, 2.24) is 0 Å². The van der Waals surface area contributed by atoms with Crippen molar-refractivity contribution < 1.29 is 9.53 Å². The van der Waals surface area contributed by atoms with Gasteiger partial charge in [-0.15, -0.1) is 0 Å². The van der Waals surface area contributed by atoms with Gasteiger partial charge in [0.2, 0.25) is 0 Å². The average molecular weight is 214 g/mol. The molecular formula is C14H14O2. The van der Waals surface area contributed by atoms with Gasteiger partial charge in [-0.1, -0.05) is 42.5 Å². The van der Waals surface area contributed by atoms with Crippen LogP contribution in [-0.2, 0) is 16.0 Å². The van der Waals surface area contributed by atoms with Gasteiger partial charge in [-0.05, 0) is 23.3 Å². The highest BCUT2D eigenvalue weighted by molar-refractivity contribution is 5.84. The molecule has 0 bridgehead atoms. The number of carbonyl (C=O) groups is 1. The number of rotatable bonds is 3. The second-order valence-electron chi connectivity index (χ2n) is 3.66. The van der Waals surface area contributed by atoms with E-state index in [-0.39, 0.29) is 5.97 Å². The van der Waals surface area contributed by atoms with Crippen molar-refractivity contribution in [2.24, 2.45) is 0 Å². The first kappa shape index (κ1) is 10.7. The summed E-state index contributed by atoms with van der Waals surface area (Å²) in [6, 6.07) is 14.1. The maximum Gasteiger partial charge on any atom is 0.310 e. The average Bonchev–Trinajstić information content (AvgIpc) is 2.29. The maximum absolute atomic E-state index is 11.3. The molecule has 0 fully saturated rings. The van der Waals surface area contributed by atoms with Gasteiger partial charge in [0, 0.05) is 0 Å². The Kier molecular flexibility index (Phi) is 3.20. The summed E-state index contributed by atoms with van der Waals surface area (Å²) < 4.78 is 4.92. The molecule has 0 saturated carbocycles. The van der Waals surface area contributed by atoms with Gasteiger partial charge in [0.1, 0.15) is 0 Å². The summed E-state index contributed by atoms with van der Waals surface area (Å²) in [6.45, 7) is 2.25. The molecule has 0 spiro atoms. The summed E-state index contributed by atoms with van der Waals surface area (Å²) in [5.41, 5.74) is 0.997. The first-order valence-corrected chi connectivity index (χ1v) is 5.43. The van der Waals surface area contributed by atoms with Crippen LogP contribution in [0.5, 0.6) is 0 Å². The van der Waals surface area contributed by atoms with Crippen LogP contribution in [0.1, 0.15) is 12.5 Å². The molecular weight excluding hydrogens is 200 g/mol. The predicted octanol–water partition coefficient (Wildman–Crippen LogP) is 2.95. The molecule has 0 heterocycles. The Hall–Kier alpha value is -1.83. The van der Waals surface area contributed by atoms with Gasteiger partial charge in [-0.2, -0.15) is 0 Å². The molecule has 0 unspecified atom stereocenters. The van der Waals surface area contributed by atoms with Gasteiger partial charge in [0.25, 0.3) is 0 Å². The number of benzene rings is 2. The van der Waals surface area contributed by atoms with Crippen LogP contribution in [-0.4, -0.2) is 12.6 Å². The molecule has 0 aliphatic carbocycles. The number of hydrogen-bond acceptors (Lipinski definition) is 2. The van der Waals surface area contributed by atoms with E-state index in [1.54, 1.807) is 0 Å². The van der Waals surface area contributed by atoms with E-state index >= 15 is 0 Å². The lowest BCUT2D eigenvalue weighted by Crippen LogP contribution is -2.07. The minimum atomic E-state index is -0.169. The van der Waals surface area contributed by atoms with Crippen molar-refractivity contribution in [3.63, 3.8) is 0 Å². The van der Waals surface area contributed by atoms with Crippen molar-refractivity contribution in [3.8, 4) is 0 Å². The second-order valence-corrected chi connectivity index (χ2v) is 3.66. The number of esters is 1. The maximum atomic E-state index is 11.3. The van der Waals surface area contributed by atoms with Crippen LogP contribution in [0.4, 0.5) is 0 Å². The Labute approximate surface area is 94.8 Å². The van der Waals surface area contributed by atoms with E-state index in [4.69, 9.17) is 4.74 Å². The standard InChI is InChI=1S/C14H14O2/c1-2-16-14(15)10-11-7-8-12-5-3-4-6-13(12)9-11/h3-9H,2,10H2,1H3.